The highest BCUT2D eigenvalue weighted by Gasteiger charge is 2.32. The van der Waals surface area contributed by atoms with E-state index in [-0.39, 0.29) is 16.8 Å². The van der Waals surface area contributed by atoms with E-state index in [9.17, 15) is 14.0 Å². The monoisotopic (exact) mass is 449 g/mol. The van der Waals surface area contributed by atoms with Gasteiger partial charge in [0.25, 0.3) is 0 Å². The zero-order chi connectivity index (χ0) is 19.6. The topological polar surface area (TPSA) is 61.9 Å². The van der Waals surface area contributed by atoms with Crippen LogP contribution in [0.3, 0.4) is 0 Å². The number of amides is 3. The van der Waals surface area contributed by atoms with E-state index in [0.29, 0.717) is 24.1 Å². The molecule has 144 valence electrons. The molecule has 3 amide bonds. The number of hydrogen-bond donors (Lipinski definition) is 1. The molecule has 0 aliphatic carbocycles. The first-order valence-corrected chi connectivity index (χ1v) is 9.35. The first-order valence-electron chi connectivity index (χ1n) is 8.18. The van der Waals surface area contributed by atoms with Crippen LogP contribution in [-0.4, -0.2) is 53.2 Å². The van der Waals surface area contributed by atoms with Crippen LogP contribution in [0.2, 0.25) is 5.02 Å². The molecule has 1 aliphatic heterocycles. The van der Waals surface area contributed by atoms with Crippen molar-refractivity contribution in [3.63, 3.8) is 0 Å². The molecular formula is C17H22BrClFN3O3. The molecule has 1 aromatic carbocycles. The number of carbonyl (C=O) groups is 2. The standard InChI is InChI=1S/C17H22BrClFN3O3/c1-10-9-22(16(25)26-17(2,3)4)7-8-23(10)15(24)21-12-6-5-11(18)13(19)14(12)20/h5-6,10H,7-9H2,1-4H3,(H,21,24)/t10-/m1/s1. The lowest BCUT2D eigenvalue weighted by Crippen LogP contribution is -2.57. The van der Waals surface area contributed by atoms with Gasteiger partial charge >= 0.3 is 12.1 Å². The number of anilines is 1. The van der Waals surface area contributed by atoms with Gasteiger partial charge in [-0.25, -0.2) is 14.0 Å². The average molecular weight is 451 g/mol. The normalized spacial score (nSPS) is 17.9. The fourth-order valence-electron chi connectivity index (χ4n) is 2.56. The van der Waals surface area contributed by atoms with Crippen molar-refractivity contribution >= 4 is 45.3 Å². The number of benzene rings is 1. The summed E-state index contributed by atoms with van der Waals surface area (Å²) in [5, 5.41) is 2.44. The van der Waals surface area contributed by atoms with Crippen LogP contribution >= 0.6 is 27.5 Å². The average Bonchev–Trinajstić information content (AvgIpc) is 2.53. The maximum absolute atomic E-state index is 14.1. The minimum atomic E-state index is -0.700. The second-order valence-electron chi connectivity index (χ2n) is 7.12. The number of nitrogens with one attached hydrogen (secondary N) is 1. The van der Waals surface area contributed by atoms with Crippen molar-refractivity contribution in [2.75, 3.05) is 25.0 Å². The number of hydrogen-bond acceptors (Lipinski definition) is 3. The fraction of sp³-hybridized carbons (Fsp3) is 0.529. The predicted molar refractivity (Wildman–Crippen MR) is 102 cm³/mol. The second kappa shape index (κ2) is 8.00. The fourth-order valence-corrected chi connectivity index (χ4v) is 3.03. The van der Waals surface area contributed by atoms with E-state index in [4.69, 9.17) is 16.3 Å². The van der Waals surface area contributed by atoms with Gasteiger partial charge in [0.05, 0.1) is 10.7 Å². The van der Waals surface area contributed by atoms with Crippen LogP contribution in [-0.2, 0) is 4.74 Å². The maximum atomic E-state index is 14.1. The van der Waals surface area contributed by atoms with Gasteiger partial charge in [0.2, 0.25) is 0 Å². The lowest BCUT2D eigenvalue weighted by atomic mass is 10.2. The predicted octanol–water partition coefficient (Wildman–Crippen LogP) is 4.71. The summed E-state index contributed by atoms with van der Waals surface area (Å²) in [5.74, 6) is -0.700. The molecule has 0 radical (unpaired) electrons. The molecule has 0 bridgehead atoms. The van der Waals surface area contributed by atoms with Crippen molar-refractivity contribution in [1.29, 1.82) is 0 Å². The van der Waals surface area contributed by atoms with Crippen molar-refractivity contribution in [3.05, 3.63) is 27.4 Å². The highest BCUT2D eigenvalue weighted by molar-refractivity contribution is 9.10. The van der Waals surface area contributed by atoms with Crippen LogP contribution in [0.25, 0.3) is 0 Å². The molecule has 2 rings (SSSR count). The Morgan fingerprint density at radius 1 is 1.35 bits per heavy atom. The third-order valence-corrected chi connectivity index (χ3v) is 5.08. The molecule has 0 spiro atoms. The largest absolute Gasteiger partial charge is 0.444 e. The number of nitrogens with zero attached hydrogens (tertiary/aromatic N) is 2. The van der Waals surface area contributed by atoms with Gasteiger partial charge in [-0.05, 0) is 55.8 Å². The van der Waals surface area contributed by atoms with E-state index < -0.39 is 23.5 Å². The highest BCUT2D eigenvalue weighted by atomic mass is 79.9. The van der Waals surface area contributed by atoms with Crippen LogP contribution in [0, 0.1) is 5.82 Å². The van der Waals surface area contributed by atoms with Gasteiger partial charge in [-0.3, -0.25) is 0 Å². The Kier molecular flexibility index (Phi) is 6.39. The zero-order valence-corrected chi connectivity index (χ0v) is 17.4. The Bertz CT molecular complexity index is 711. The van der Waals surface area contributed by atoms with Gasteiger partial charge in [0.15, 0.2) is 5.82 Å². The lowest BCUT2D eigenvalue weighted by Gasteiger charge is -2.40. The van der Waals surface area contributed by atoms with Crippen LogP contribution in [0.5, 0.6) is 0 Å². The van der Waals surface area contributed by atoms with E-state index in [1.54, 1.807) is 36.6 Å². The van der Waals surface area contributed by atoms with E-state index in [0.717, 1.165) is 0 Å². The first kappa shape index (κ1) is 20.8. The van der Waals surface area contributed by atoms with Crippen LogP contribution in [0.15, 0.2) is 16.6 Å². The molecular weight excluding hydrogens is 429 g/mol. The van der Waals surface area contributed by atoms with E-state index in [1.807, 2.05) is 6.92 Å². The Balaban J connectivity index is 2.00. The summed E-state index contributed by atoms with van der Waals surface area (Å²) in [6, 6.07) is 2.30. The van der Waals surface area contributed by atoms with E-state index in [2.05, 4.69) is 21.2 Å². The van der Waals surface area contributed by atoms with Crippen molar-refractivity contribution in [2.24, 2.45) is 0 Å². The number of halogens is 3. The summed E-state index contributed by atoms with van der Waals surface area (Å²) in [6.45, 7) is 8.23. The summed E-state index contributed by atoms with van der Waals surface area (Å²) in [5.41, 5.74) is -0.572. The molecule has 1 aromatic rings. The smallest absolute Gasteiger partial charge is 0.410 e. The molecule has 0 unspecified atom stereocenters. The Morgan fingerprint density at radius 2 is 2.00 bits per heavy atom. The SMILES string of the molecule is C[C@@H]1CN(C(=O)OC(C)(C)C)CCN1C(=O)Nc1ccc(Br)c(Cl)c1F. The third kappa shape index (κ3) is 5.01. The summed E-state index contributed by atoms with van der Waals surface area (Å²) >= 11 is 8.97. The molecule has 26 heavy (non-hydrogen) atoms. The quantitative estimate of drug-likeness (QED) is 0.630. The van der Waals surface area contributed by atoms with Crippen molar-refractivity contribution in [1.82, 2.24) is 9.80 Å². The third-order valence-electron chi connectivity index (χ3n) is 3.82. The van der Waals surface area contributed by atoms with Crippen molar-refractivity contribution < 1.29 is 18.7 Å². The number of rotatable bonds is 1. The number of ether oxygens (including phenoxy) is 1. The van der Waals surface area contributed by atoms with E-state index in [1.165, 1.54) is 6.07 Å². The molecule has 1 aliphatic rings. The van der Waals surface area contributed by atoms with E-state index >= 15 is 0 Å². The molecule has 9 heteroatoms. The Morgan fingerprint density at radius 3 is 2.58 bits per heavy atom. The minimum Gasteiger partial charge on any atom is -0.444 e. The molecule has 0 aromatic heterocycles. The summed E-state index contributed by atoms with van der Waals surface area (Å²) in [6.07, 6.45) is -0.407. The van der Waals surface area contributed by atoms with Gasteiger partial charge in [0, 0.05) is 30.1 Å². The summed E-state index contributed by atoms with van der Waals surface area (Å²) < 4.78 is 19.9. The number of piperazine rings is 1. The maximum Gasteiger partial charge on any atom is 0.410 e. The molecule has 1 fully saturated rings. The molecule has 6 nitrogen and oxygen atoms in total. The molecule has 1 N–H and O–H groups in total. The van der Waals surface area contributed by atoms with Crippen LogP contribution < -0.4 is 5.32 Å². The molecule has 1 atom stereocenters. The number of carbonyl (C=O) groups excluding carboxylic acids is 2. The van der Waals surface area contributed by atoms with Crippen molar-refractivity contribution in [3.8, 4) is 0 Å². The van der Waals surface area contributed by atoms with Crippen molar-refractivity contribution in [2.45, 2.75) is 39.3 Å². The minimum absolute atomic E-state index is 0.00460. The van der Waals surface area contributed by atoms with Crippen LogP contribution in [0.4, 0.5) is 19.7 Å². The first-order chi connectivity index (χ1) is 12.0. The Labute approximate surface area is 165 Å². The summed E-state index contributed by atoms with van der Waals surface area (Å²) in [4.78, 5) is 27.8. The van der Waals surface area contributed by atoms with Gasteiger partial charge in [0.1, 0.15) is 5.60 Å². The summed E-state index contributed by atoms with van der Waals surface area (Å²) in [7, 11) is 0. The molecule has 1 heterocycles. The Hall–Kier alpha value is -1.54. The van der Waals surface area contributed by atoms with Crippen LogP contribution in [0.1, 0.15) is 27.7 Å². The van der Waals surface area contributed by atoms with Gasteiger partial charge in [-0.15, -0.1) is 0 Å². The number of urea groups is 1. The highest BCUT2D eigenvalue weighted by Crippen LogP contribution is 2.30. The lowest BCUT2D eigenvalue weighted by molar-refractivity contribution is 0.0112. The molecule has 0 saturated carbocycles. The van der Waals surface area contributed by atoms with Gasteiger partial charge in [-0.1, -0.05) is 11.6 Å². The van der Waals surface area contributed by atoms with Gasteiger partial charge in [-0.2, -0.15) is 0 Å². The second-order valence-corrected chi connectivity index (χ2v) is 8.35. The van der Waals surface area contributed by atoms with Gasteiger partial charge < -0.3 is 19.9 Å². The molecule has 1 saturated heterocycles. The zero-order valence-electron chi connectivity index (χ0n) is 15.1.